The predicted molar refractivity (Wildman–Crippen MR) is 76.6 cm³/mol. The zero-order chi connectivity index (χ0) is 17.5. The largest absolute Gasteiger partial charge is 0.491 e. The van der Waals surface area contributed by atoms with Gasteiger partial charge in [-0.15, -0.1) is 0 Å². The third-order valence-corrected chi connectivity index (χ3v) is 2.72. The van der Waals surface area contributed by atoms with Crippen LogP contribution < -0.4 is 21.1 Å². The van der Waals surface area contributed by atoms with E-state index < -0.39 is 29.6 Å². The van der Waals surface area contributed by atoms with Crippen LogP contribution in [0.4, 0.5) is 13.2 Å². The molecule has 1 aromatic rings. The molecule has 1 unspecified atom stereocenters. The molecule has 1 atom stereocenters. The number of para-hydroxylation sites is 1. The number of hydrogen-bond donors (Lipinski definition) is 3. The molecular weight excluding hydrogens is 315 g/mol. The Morgan fingerprint density at radius 1 is 1.26 bits per heavy atom. The Hall–Kier alpha value is -2.29. The third-order valence-electron chi connectivity index (χ3n) is 2.72. The van der Waals surface area contributed by atoms with Crippen molar-refractivity contribution in [1.82, 2.24) is 10.6 Å². The molecule has 0 bridgehead atoms. The Labute approximate surface area is 131 Å². The molecule has 2 amide bonds. The van der Waals surface area contributed by atoms with Crippen molar-refractivity contribution in [3.8, 4) is 5.75 Å². The number of rotatable bonds is 7. The molecule has 0 aliphatic rings. The van der Waals surface area contributed by atoms with Gasteiger partial charge in [-0.2, -0.15) is 13.2 Å². The van der Waals surface area contributed by atoms with Crippen LogP contribution in [0.5, 0.6) is 5.75 Å². The summed E-state index contributed by atoms with van der Waals surface area (Å²) in [5.41, 5.74) is 4.18. The molecule has 0 fully saturated rings. The van der Waals surface area contributed by atoms with Crippen molar-refractivity contribution in [1.29, 1.82) is 0 Å². The van der Waals surface area contributed by atoms with Crippen LogP contribution in [0.15, 0.2) is 24.3 Å². The topological polar surface area (TPSA) is 93.5 Å². The van der Waals surface area contributed by atoms with Gasteiger partial charge < -0.3 is 21.1 Å². The summed E-state index contributed by atoms with van der Waals surface area (Å²) in [6, 6.07) is 4.27. The molecular formula is C14H18F3N3O3. The lowest BCUT2D eigenvalue weighted by Gasteiger charge is -2.18. The molecule has 0 heterocycles. The van der Waals surface area contributed by atoms with Gasteiger partial charge in [-0.05, 0) is 19.1 Å². The first-order valence-corrected chi connectivity index (χ1v) is 6.79. The van der Waals surface area contributed by atoms with Crippen LogP contribution >= 0.6 is 0 Å². The first-order chi connectivity index (χ1) is 10.7. The average molecular weight is 333 g/mol. The average Bonchev–Trinajstić information content (AvgIpc) is 2.50. The molecule has 1 rings (SSSR count). The number of hydrogen-bond acceptors (Lipinski definition) is 4. The second kappa shape index (κ2) is 8.37. The van der Waals surface area contributed by atoms with E-state index in [-0.39, 0.29) is 25.4 Å². The Balaban J connectivity index is 2.49. The van der Waals surface area contributed by atoms with Crippen LogP contribution in [-0.2, 0) is 15.8 Å². The fourth-order valence-electron chi connectivity index (χ4n) is 1.66. The maximum absolute atomic E-state index is 12.8. The number of halogens is 3. The van der Waals surface area contributed by atoms with Gasteiger partial charge in [0.25, 0.3) is 0 Å². The highest BCUT2D eigenvalue weighted by Crippen LogP contribution is 2.35. The number of ether oxygens (including phenoxy) is 1. The normalized spacial score (nSPS) is 12.4. The molecule has 0 radical (unpaired) electrons. The van der Waals surface area contributed by atoms with E-state index in [0.29, 0.717) is 0 Å². The lowest BCUT2D eigenvalue weighted by Crippen LogP contribution is -2.44. The van der Waals surface area contributed by atoms with Crippen molar-refractivity contribution < 1.29 is 27.5 Å². The molecule has 0 spiro atoms. The van der Waals surface area contributed by atoms with Crippen LogP contribution in [0.25, 0.3) is 0 Å². The molecule has 23 heavy (non-hydrogen) atoms. The van der Waals surface area contributed by atoms with Gasteiger partial charge in [-0.1, -0.05) is 12.1 Å². The summed E-state index contributed by atoms with van der Waals surface area (Å²) in [5, 5.41) is 4.76. The van der Waals surface area contributed by atoms with E-state index in [2.05, 4.69) is 10.6 Å². The van der Waals surface area contributed by atoms with Crippen molar-refractivity contribution >= 4 is 11.8 Å². The van der Waals surface area contributed by atoms with Gasteiger partial charge in [0.2, 0.25) is 11.8 Å². The number of carbonyl (C=O) groups is 2. The highest BCUT2D eigenvalue weighted by Gasteiger charge is 2.34. The summed E-state index contributed by atoms with van der Waals surface area (Å²) in [6.45, 7) is 0.919. The summed E-state index contributed by atoms with van der Waals surface area (Å²) in [6.07, 6.45) is -4.52. The highest BCUT2D eigenvalue weighted by atomic mass is 19.4. The number of nitrogens with one attached hydrogen (secondary N) is 2. The quantitative estimate of drug-likeness (QED) is 0.683. The lowest BCUT2D eigenvalue weighted by atomic mass is 10.2. The summed E-state index contributed by atoms with van der Waals surface area (Å²) in [5.74, 6) is -1.28. The SMILES string of the molecule is CC(COc1ccccc1C(F)(F)F)NC(=O)CNC(=O)CN. The van der Waals surface area contributed by atoms with Gasteiger partial charge in [0, 0.05) is 0 Å². The molecule has 6 nitrogen and oxygen atoms in total. The molecule has 0 saturated carbocycles. The van der Waals surface area contributed by atoms with Crippen molar-refractivity contribution in [3.63, 3.8) is 0 Å². The van der Waals surface area contributed by atoms with Gasteiger partial charge in [0.15, 0.2) is 0 Å². The molecule has 0 aromatic heterocycles. The molecule has 0 saturated heterocycles. The van der Waals surface area contributed by atoms with Gasteiger partial charge in [0.05, 0.1) is 24.7 Å². The number of nitrogens with two attached hydrogens (primary N) is 1. The second-order valence-corrected chi connectivity index (χ2v) is 4.75. The van der Waals surface area contributed by atoms with E-state index in [0.717, 1.165) is 6.07 Å². The Kier molecular flexibility index (Phi) is 6.83. The van der Waals surface area contributed by atoms with E-state index in [1.165, 1.54) is 18.2 Å². The molecule has 0 aliphatic carbocycles. The van der Waals surface area contributed by atoms with E-state index >= 15 is 0 Å². The molecule has 128 valence electrons. The minimum atomic E-state index is -4.52. The molecule has 0 aliphatic heterocycles. The van der Waals surface area contributed by atoms with Gasteiger partial charge >= 0.3 is 6.18 Å². The van der Waals surface area contributed by atoms with Crippen LogP contribution in [0.2, 0.25) is 0 Å². The van der Waals surface area contributed by atoms with Crippen molar-refractivity contribution in [2.75, 3.05) is 19.7 Å². The fraction of sp³-hybridized carbons (Fsp3) is 0.429. The molecule has 4 N–H and O–H groups in total. The highest BCUT2D eigenvalue weighted by molar-refractivity contribution is 5.85. The van der Waals surface area contributed by atoms with E-state index in [1.807, 2.05) is 0 Å². The van der Waals surface area contributed by atoms with Gasteiger partial charge in [0.1, 0.15) is 12.4 Å². The maximum Gasteiger partial charge on any atom is 0.419 e. The Bertz CT molecular complexity index is 550. The number of benzene rings is 1. The zero-order valence-electron chi connectivity index (χ0n) is 12.4. The first kappa shape index (κ1) is 18.8. The minimum Gasteiger partial charge on any atom is -0.491 e. The van der Waals surface area contributed by atoms with Crippen LogP contribution in [0.1, 0.15) is 12.5 Å². The Morgan fingerprint density at radius 3 is 2.52 bits per heavy atom. The minimum absolute atomic E-state index is 0.149. The maximum atomic E-state index is 12.8. The summed E-state index contributed by atoms with van der Waals surface area (Å²) in [4.78, 5) is 22.4. The standard InChI is InChI=1S/C14H18F3N3O3/c1-9(20-13(22)7-19-12(21)6-18)8-23-11-5-3-2-4-10(11)14(15,16)17/h2-5,9H,6-8,18H2,1H3,(H,19,21)(H,20,22). The van der Waals surface area contributed by atoms with Crippen LogP contribution in [-0.4, -0.2) is 37.6 Å². The smallest absolute Gasteiger partial charge is 0.419 e. The van der Waals surface area contributed by atoms with E-state index in [4.69, 9.17) is 10.5 Å². The molecule has 9 heteroatoms. The van der Waals surface area contributed by atoms with Crippen LogP contribution in [0, 0.1) is 0 Å². The second-order valence-electron chi connectivity index (χ2n) is 4.75. The zero-order valence-corrected chi connectivity index (χ0v) is 12.4. The van der Waals surface area contributed by atoms with E-state index in [1.54, 1.807) is 6.92 Å². The third kappa shape index (κ3) is 6.55. The summed E-state index contributed by atoms with van der Waals surface area (Å²) in [7, 11) is 0. The van der Waals surface area contributed by atoms with Gasteiger partial charge in [-0.25, -0.2) is 0 Å². The van der Waals surface area contributed by atoms with E-state index in [9.17, 15) is 22.8 Å². The van der Waals surface area contributed by atoms with Gasteiger partial charge in [-0.3, -0.25) is 9.59 Å². The number of amides is 2. The summed E-state index contributed by atoms with van der Waals surface area (Å²) >= 11 is 0. The number of carbonyl (C=O) groups excluding carboxylic acids is 2. The van der Waals surface area contributed by atoms with Crippen molar-refractivity contribution in [2.45, 2.75) is 19.1 Å². The first-order valence-electron chi connectivity index (χ1n) is 6.79. The monoisotopic (exact) mass is 333 g/mol. The summed E-state index contributed by atoms with van der Waals surface area (Å²) < 4.78 is 43.5. The van der Waals surface area contributed by atoms with Crippen molar-refractivity contribution in [3.05, 3.63) is 29.8 Å². The molecule has 1 aromatic carbocycles. The van der Waals surface area contributed by atoms with Crippen LogP contribution in [0.3, 0.4) is 0 Å². The van der Waals surface area contributed by atoms with Crippen molar-refractivity contribution in [2.24, 2.45) is 5.73 Å². The fourth-order valence-corrected chi connectivity index (χ4v) is 1.66. The Morgan fingerprint density at radius 2 is 1.91 bits per heavy atom. The number of alkyl halides is 3. The predicted octanol–water partition coefficient (Wildman–Crippen LogP) is 0.664. The lowest BCUT2D eigenvalue weighted by molar-refractivity contribution is -0.139.